The minimum absolute atomic E-state index is 0.366. The molecule has 1 fully saturated rings. The van der Waals surface area contributed by atoms with E-state index in [2.05, 4.69) is 48.3 Å². The molecule has 0 saturated carbocycles. The van der Waals surface area contributed by atoms with Crippen molar-refractivity contribution in [3.8, 4) is 0 Å². The first kappa shape index (κ1) is 12.0. The number of benzene rings is 1. The zero-order chi connectivity index (χ0) is 12.5. The Morgan fingerprint density at radius 2 is 2.17 bits per heavy atom. The molecule has 0 radical (unpaired) electrons. The highest BCUT2D eigenvalue weighted by Gasteiger charge is 2.29. The molecule has 1 aromatic carbocycles. The Labute approximate surface area is 109 Å². The second kappa shape index (κ2) is 4.90. The Balaban J connectivity index is 1.70. The Morgan fingerprint density at radius 1 is 1.33 bits per heavy atom. The van der Waals surface area contributed by atoms with Crippen LogP contribution in [-0.2, 0) is 4.74 Å². The molecule has 1 aromatic rings. The molecular weight excluding hydrogens is 224 g/mol. The average molecular weight is 246 g/mol. The fourth-order valence-corrected chi connectivity index (χ4v) is 3.03. The van der Waals surface area contributed by atoms with E-state index in [-0.39, 0.29) is 0 Å². The topological polar surface area (TPSA) is 24.5 Å². The zero-order valence-electron chi connectivity index (χ0n) is 11.2. The van der Waals surface area contributed by atoms with Crippen molar-refractivity contribution in [3.63, 3.8) is 0 Å². The predicted molar refractivity (Wildman–Crippen MR) is 74.1 cm³/mol. The fraction of sp³-hybridized carbons (Fsp3) is 0.600. The SMILES string of the molecule is CC1CN(CC2CNc3ccccc32)C(C)CO1. The molecule has 2 aliphatic heterocycles. The summed E-state index contributed by atoms with van der Waals surface area (Å²) in [5.41, 5.74) is 2.79. The average Bonchev–Trinajstić information content (AvgIpc) is 2.78. The van der Waals surface area contributed by atoms with Crippen molar-refractivity contribution in [1.29, 1.82) is 0 Å². The summed E-state index contributed by atoms with van der Waals surface area (Å²) in [5.74, 6) is 0.619. The fourth-order valence-electron chi connectivity index (χ4n) is 3.03. The summed E-state index contributed by atoms with van der Waals surface area (Å²) in [4.78, 5) is 2.57. The summed E-state index contributed by atoms with van der Waals surface area (Å²) >= 11 is 0. The van der Waals surface area contributed by atoms with Gasteiger partial charge in [-0.1, -0.05) is 18.2 Å². The maximum atomic E-state index is 5.70. The van der Waals surface area contributed by atoms with Gasteiger partial charge in [0.25, 0.3) is 0 Å². The first-order valence-electron chi connectivity index (χ1n) is 6.92. The highest BCUT2D eigenvalue weighted by atomic mass is 16.5. The van der Waals surface area contributed by atoms with E-state index in [0.717, 1.165) is 26.2 Å². The van der Waals surface area contributed by atoms with Crippen LogP contribution in [0.1, 0.15) is 25.3 Å². The van der Waals surface area contributed by atoms with Crippen molar-refractivity contribution in [2.75, 3.05) is 31.6 Å². The van der Waals surface area contributed by atoms with Gasteiger partial charge in [-0.2, -0.15) is 0 Å². The minimum atomic E-state index is 0.366. The molecule has 1 saturated heterocycles. The maximum absolute atomic E-state index is 5.70. The largest absolute Gasteiger partial charge is 0.384 e. The molecule has 3 unspecified atom stereocenters. The second-order valence-corrected chi connectivity index (χ2v) is 5.61. The first-order chi connectivity index (χ1) is 8.74. The lowest BCUT2D eigenvalue weighted by Crippen LogP contribution is -2.48. The van der Waals surface area contributed by atoms with E-state index in [1.165, 1.54) is 11.3 Å². The normalized spacial score (nSPS) is 32.0. The molecule has 0 aromatic heterocycles. The second-order valence-electron chi connectivity index (χ2n) is 5.61. The monoisotopic (exact) mass is 246 g/mol. The summed E-state index contributed by atoms with van der Waals surface area (Å²) in [6, 6.07) is 9.22. The number of fused-ring (bicyclic) bond motifs is 1. The van der Waals surface area contributed by atoms with Crippen LogP contribution in [0, 0.1) is 0 Å². The Bertz CT molecular complexity index is 421. The molecule has 2 aliphatic rings. The number of nitrogens with zero attached hydrogens (tertiary/aromatic N) is 1. The van der Waals surface area contributed by atoms with E-state index < -0.39 is 0 Å². The highest BCUT2D eigenvalue weighted by molar-refractivity contribution is 5.57. The Morgan fingerprint density at radius 3 is 3.06 bits per heavy atom. The number of para-hydroxylation sites is 1. The molecule has 98 valence electrons. The minimum Gasteiger partial charge on any atom is -0.384 e. The van der Waals surface area contributed by atoms with Crippen LogP contribution in [0.15, 0.2) is 24.3 Å². The lowest BCUT2D eigenvalue weighted by Gasteiger charge is -2.38. The van der Waals surface area contributed by atoms with E-state index in [9.17, 15) is 0 Å². The number of morpholine rings is 1. The summed E-state index contributed by atoms with van der Waals surface area (Å²) in [5, 5.41) is 3.51. The third-order valence-corrected chi connectivity index (χ3v) is 4.13. The number of nitrogens with one attached hydrogen (secondary N) is 1. The van der Waals surface area contributed by atoms with Crippen molar-refractivity contribution < 1.29 is 4.74 Å². The molecule has 0 amide bonds. The Kier molecular flexibility index (Phi) is 3.27. The third kappa shape index (κ3) is 2.25. The number of anilines is 1. The summed E-state index contributed by atoms with van der Waals surface area (Å²) in [7, 11) is 0. The molecule has 3 heteroatoms. The van der Waals surface area contributed by atoms with Crippen LogP contribution in [0.5, 0.6) is 0 Å². The van der Waals surface area contributed by atoms with Gasteiger partial charge in [0.2, 0.25) is 0 Å². The number of hydrogen-bond acceptors (Lipinski definition) is 3. The molecule has 1 N–H and O–H groups in total. The summed E-state index contributed by atoms with van der Waals surface area (Å²) in [6.07, 6.45) is 0.366. The number of rotatable bonds is 2. The molecule has 2 heterocycles. The lowest BCUT2D eigenvalue weighted by atomic mass is 9.99. The number of hydrogen-bond donors (Lipinski definition) is 1. The van der Waals surface area contributed by atoms with Gasteiger partial charge in [0.05, 0.1) is 12.7 Å². The predicted octanol–water partition coefficient (Wildman–Crippen LogP) is 2.30. The van der Waals surface area contributed by atoms with Gasteiger partial charge >= 0.3 is 0 Å². The highest BCUT2D eigenvalue weighted by Crippen LogP contribution is 2.32. The first-order valence-corrected chi connectivity index (χ1v) is 6.92. The van der Waals surface area contributed by atoms with Crippen LogP contribution in [0.3, 0.4) is 0 Å². The number of ether oxygens (including phenoxy) is 1. The van der Waals surface area contributed by atoms with E-state index in [0.29, 0.717) is 18.1 Å². The molecule has 0 aliphatic carbocycles. The van der Waals surface area contributed by atoms with Gasteiger partial charge in [-0.25, -0.2) is 0 Å². The van der Waals surface area contributed by atoms with E-state index in [1.54, 1.807) is 0 Å². The lowest BCUT2D eigenvalue weighted by molar-refractivity contribution is -0.0506. The zero-order valence-corrected chi connectivity index (χ0v) is 11.2. The maximum Gasteiger partial charge on any atom is 0.0674 e. The van der Waals surface area contributed by atoms with Crippen molar-refractivity contribution in [2.45, 2.75) is 31.9 Å². The van der Waals surface area contributed by atoms with Gasteiger partial charge in [-0.15, -0.1) is 0 Å². The molecular formula is C15H22N2O. The van der Waals surface area contributed by atoms with Gasteiger partial charge in [-0.05, 0) is 25.5 Å². The van der Waals surface area contributed by atoms with E-state index in [4.69, 9.17) is 4.74 Å². The van der Waals surface area contributed by atoms with Crippen molar-refractivity contribution in [1.82, 2.24) is 4.90 Å². The van der Waals surface area contributed by atoms with Crippen molar-refractivity contribution in [3.05, 3.63) is 29.8 Å². The van der Waals surface area contributed by atoms with Gasteiger partial charge in [0.15, 0.2) is 0 Å². The van der Waals surface area contributed by atoms with Crippen molar-refractivity contribution in [2.24, 2.45) is 0 Å². The molecule has 0 spiro atoms. The van der Waals surface area contributed by atoms with E-state index >= 15 is 0 Å². The molecule has 3 atom stereocenters. The molecule has 3 nitrogen and oxygen atoms in total. The van der Waals surface area contributed by atoms with Gasteiger partial charge in [0, 0.05) is 37.3 Å². The molecule has 18 heavy (non-hydrogen) atoms. The summed E-state index contributed by atoms with van der Waals surface area (Å²) < 4.78 is 5.70. The molecule has 3 rings (SSSR count). The van der Waals surface area contributed by atoms with Crippen LogP contribution in [0.4, 0.5) is 5.69 Å². The van der Waals surface area contributed by atoms with Crippen LogP contribution < -0.4 is 5.32 Å². The van der Waals surface area contributed by atoms with Gasteiger partial charge < -0.3 is 10.1 Å². The quantitative estimate of drug-likeness (QED) is 0.866. The van der Waals surface area contributed by atoms with Crippen LogP contribution in [0.2, 0.25) is 0 Å². The van der Waals surface area contributed by atoms with Crippen LogP contribution in [-0.4, -0.2) is 43.3 Å². The van der Waals surface area contributed by atoms with Crippen LogP contribution >= 0.6 is 0 Å². The van der Waals surface area contributed by atoms with Gasteiger partial charge in [0.1, 0.15) is 0 Å². The van der Waals surface area contributed by atoms with Crippen LogP contribution in [0.25, 0.3) is 0 Å². The van der Waals surface area contributed by atoms with Crippen molar-refractivity contribution >= 4 is 5.69 Å². The molecule has 0 bridgehead atoms. The third-order valence-electron chi connectivity index (χ3n) is 4.13. The summed E-state index contributed by atoms with van der Waals surface area (Å²) in [6.45, 7) is 8.55. The van der Waals surface area contributed by atoms with E-state index in [1.807, 2.05) is 0 Å². The van der Waals surface area contributed by atoms with Gasteiger partial charge in [-0.3, -0.25) is 4.90 Å². The Hall–Kier alpha value is -1.06. The smallest absolute Gasteiger partial charge is 0.0674 e. The standard InChI is InChI=1S/C15H22N2O/c1-11-10-18-12(2)8-17(11)9-13-7-16-15-6-4-3-5-14(13)15/h3-6,11-13,16H,7-10H2,1-2H3.